The Balaban J connectivity index is 2.11. The molecule has 2 aromatic rings. The molecule has 0 fully saturated rings. The van der Waals surface area contributed by atoms with E-state index in [1.54, 1.807) is 30.0 Å². The summed E-state index contributed by atoms with van der Waals surface area (Å²) in [5, 5.41) is 4.51. The highest BCUT2D eigenvalue weighted by molar-refractivity contribution is 7.99. The number of thioether (sulfide) groups is 1. The molecule has 0 aromatic heterocycles. The van der Waals surface area contributed by atoms with Crippen molar-refractivity contribution in [3.8, 4) is 0 Å². The minimum absolute atomic E-state index is 0.141. The van der Waals surface area contributed by atoms with Gasteiger partial charge in [-0.15, -0.1) is 11.8 Å². The Labute approximate surface area is 197 Å². The number of nitrogens with one attached hydrogen (secondary N) is 1. The standard InChI is InChI=1S/C22H25Cl3N2O2S/c1-3-10-26-22(29)15(2)27(12-16-8-9-18(23)11-20(16)25)21(28)14-30-13-17-6-4-5-7-19(17)24/h4-9,11,15H,3,10,12-14H2,1-2H3,(H,26,29). The van der Waals surface area contributed by atoms with Crippen molar-refractivity contribution in [3.63, 3.8) is 0 Å². The summed E-state index contributed by atoms with van der Waals surface area (Å²) in [7, 11) is 0. The van der Waals surface area contributed by atoms with Crippen LogP contribution in [0.2, 0.25) is 15.1 Å². The first-order chi connectivity index (χ1) is 14.3. The van der Waals surface area contributed by atoms with Crippen LogP contribution in [0.3, 0.4) is 0 Å². The summed E-state index contributed by atoms with van der Waals surface area (Å²) >= 11 is 19.9. The van der Waals surface area contributed by atoms with Crippen molar-refractivity contribution >= 4 is 58.4 Å². The first-order valence-corrected chi connectivity index (χ1v) is 11.9. The van der Waals surface area contributed by atoms with Gasteiger partial charge in [0.2, 0.25) is 11.8 Å². The van der Waals surface area contributed by atoms with Crippen LogP contribution in [0.25, 0.3) is 0 Å². The van der Waals surface area contributed by atoms with Crippen LogP contribution in [-0.2, 0) is 21.9 Å². The van der Waals surface area contributed by atoms with Crippen molar-refractivity contribution in [1.82, 2.24) is 10.2 Å². The fourth-order valence-electron chi connectivity index (χ4n) is 2.76. The Morgan fingerprint density at radius 3 is 2.47 bits per heavy atom. The maximum absolute atomic E-state index is 13.0. The Morgan fingerprint density at radius 2 is 1.80 bits per heavy atom. The highest BCUT2D eigenvalue weighted by Crippen LogP contribution is 2.25. The molecule has 0 bridgehead atoms. The first-order valence-electron chi connectivity index (χ1n) is 9.65. The molecule has 1 N–H and O–H groups in total. The summed E-state index contributed by atoms with van der Waals surface area (Å²) in [6, 6.07) is 12.1. The van der Waals surface area contributed by atoms with Gasteiger partial charge in [0.05, 0.1) is 5.75 Å². The number of hydrogen-bond donors (Lipinski definition) is 1. The third-order valence-electron chi connectivity index (χ3n) is 4.51. The van der Waals surface area contributed by atoms with Crippen LogP contribution >= 0.6 is 46.6 Å². The summed E-state index contributed by atoms with van der Waals surface area (Å²) in [6.07, 6.45) is 0.823. The molecule has 0 aliphatic rings. The van der Waals surface area contributed by atoms with Gasteiger partial charge in [-0.3, -0.25) is 9.59 Å². The number of carbonyl (C=O) groups excluding carboxylic acids is 2. The topological polar surface area (TPSA) is 49.4 Å². The second-order valence-electron chi connectivity index (χ2n) is 6.81. The molecule has 2 aromatic carbocycles. The van der Waals surface area contributed by atoms with Crippen molar-refractivity contribution in [2.24, 2.45) is 0 Å². The largest absolute Gasteiger partial charge is 0.354 e. The molecule has 2 amide bonds. The molecule has 4 nitrogen and oxygen atoms in total. The van der Waals surface area contributed by atoms with E-state index in [-0.39, 0.29) is 24.1 Å². The zero-order valence-electron chi connectivity index (χ0n) is 17.0. The molecule has 0 spiro atoms. The predicted octanol–water partition coefficient (Wildman–Crippen LogP) is 5.82. The van der Waals surface area contributed by atoms with Gasteiger partial charge >= 0.3 is 0 Å². The number of rotatable bonds is 10. The molecular formula is C22H25Cl3N2O2S. The highest BCUT2D eigenvalue weighted by atomic mass is 35.5. The smallest absolute Gasteiger partial charge is 0.242 e. The molecule has 0 aliphatic heterocycles. The van der Waals surface area contributed by atoms with E-state index in [1.807, 2.05) is 31.2 Å². The quantitative estimate of drug-likeness (QED) is 0.459. The van der Waals surface area contributed by atoms with Gasteiger partial charge in [0.1, 0.15) is 6.04 Å². The molecule has 0 saturated carbocycles. The number of halogens is 3. The fraction of sp³-hybridized carbons (Fsp3) is 0.364. The van der Waals surface area contributed by atoms with Gasteiger partial charge in [-0.05, 0) is 42.7 Å². The zero-order chi connectivity index (χ0) is 22.1. The van der Waals surface area contributed by atoms with Crippen LogP contribution in [-0.4, -0.2) is 35.1 Å². The van der Waals surface area contributed by atoms with Crippen LogP contribution < -0.4 is 5.32 Å². The summed E-state index contributed by atoms with van der Waals surface area (Å²) in [6.45, 7) is 4.49. The Bertz CT molecular complexity index is 879. The van der Waals surface area contributed by atoms with Gasteiger partial charge < -0.3 is 10.2 Å². The van der Waals surface area contributed by atoms with E-state index in [1.165, 1.54) is 11.8 Å². The molecule has 2 rings (SSSR count). The maximum atomic E-state index is 13.0. The van der Waals surface area contributed by atoms with E-state index in [0.717, 1.165) is 17.5 Å². The van der Waals surface area contributed by atoms with Gasteiger partial charge in [0.25, 0.3) is 0 Å². The van der Waals surface area contributed by atoms with Gasteiger partial charge in [-0.25, -0.2) is 0 Å². The van der Waals surface area contributed by atoms with Gasteiger partial charge in [-0.1, -0.05) is 66.0 Å². The predicted molar refractivity (Wildman–Crippen MR) is 127 cm³/mol. The third-order valence-corrected chi connectivity index (χ3v) is 6.44. The van der Waals surface area contributed by atoms with E-state index in [9.17, 15) is 9.59 Å². The number of hydrogen-bond acceptors (Lipinski definition) is 3. The Kier molecular flexibility index (Phi) is 10.3. The summed E-state index contributed by atoms with van der Waals surface area (Å²) < 4.78 is 0. The molecular weight excluding hydrogens is 463 g/mol. The van der Waals surface area contributed by atoms with Crippen LogP contribution in [0.4, 0.5) is 0 Å². The van der Waals surface area contributed by atoms with Crippen LogP contribution in [0.1, 0.15) is 31.4 Å². The lowest BCUT2D eigenvalue weighted by Gasteiger charge is -2.29. The number of carbonyl (C=O) groups is 2. The highest BCUT2D eigenvalue weighted by Gasteiger charge is 2.26. The molecule has 162 valence electrons. The number of nitrogens with zero attached hydrogens (tertiary/aromatic N) is 1. The molecule has 0 aliphatic carbocycles. The average molecular weight is 488 g/mol. The molecule has 30 heavy (non-hydrogen) atoms. The van der Waals surface area contributed by atoms with E-state index < -0.39 is 6.04 Å². The molecule has 0 radical (unpaired) electrons. The molecule has 1 unspecified atom stereocenters. The second kappa shape index (κ2) is 12.5. The summed E-state index contributed by atoms with van der Waals surface area (Å²) in [5.41, 5.74) is 1.71. The normalized spacial score (nSPS) is 11.8. The second-order valence-corrected chi connectivity index (χ2v) is 9.05. The monoisotopic (exact) mass is 486 g/mol. The van der Waals surface area contributed by atoms with Gasteiger partial charge in [0.15, 0.2) is 0 Å². The lowest BCUT2D eigenvalue weighted by atomic mass is 10.1. The summed E-state index contributed by atoms with van der Waals surface area (Å²) in [5.74, 6) is 0.503. The lowest BCUT2D eigenvalue weighted by molar-refractivity contribution is -0.138. The SMILES string of the molecule is CCCNC(=O)C(C)N(Cc1ccc(Cl)cc1Cl)C(=O)CSCc1ccccc1Cl. The number of amides is 2. The van der Waals surface area contributed by atoms with E-state index in [2.05, 4.69) is 5.32 Å². The molecule has 0 heterocycles. The zero-order valence-corrected chi connectivity index (χ0v) is 20.0. The van der Waals surface area contributed by atoms with Crippen molar-refractivity contribution in [3.05, 3.63) is 68.7 Å². The van der Waals surface area contributed by atoms with Gasteiger partial charge in [0, 0.05) is 33.9 Å². The Hall–Kier alpha value is -1.40. The Morgan fingerprint density at radius 1 is 1.07 bits per heavy atom. The van der Waals surface area contributed by atoms with Crippen LogP contribution in [0.15, 0.2) is 42.5 Å². The van der Waals surface area contributed by atoms with E-state index >= 15 is 0 Å². The van der Waals surface area contributed by atoms with Crippen molar-refractivity contribution in [2.75, 3.05) is 12.3 Å². The minimum Gasteiger partial charge on any atom is -0.354 e. The van der Waals surface area contributed by atoms with Crippen LogP contribution in [0.5, 0.6) is 0 Å². The molecule has 1 atom stereocenters. The minimum atomic E-state index is -0.628. The third kappa shape index (κ3) is 7.38. The first kappa shape index (κ1) is 24.9. The lowest BCUT2D eigenvalue weighted by Crippen LogP contribution is -2.48. The van der Waals surface area contributed by atoms with Gasteiger partial charge in [-0.2, -0.15) is 0 Å². The van der Waals surface area contributed by atoms with E-state index in [0.29, 0.717) is 27.4 Å². The average Bonchev–Trinajstić information content (AvgIpc) is 2.72. The van der Waals surface area contributed by atoms with E-state index in [4.69, 9.17) is 34.8 Å². The number of benzene rings is 2. The maximum Gasteiger partial charge on any atom is 0.242 e. The van der Waals surface area contributed by atoms with Crippen molar-refractivity contribution < 1.29 is 9.59 Å². The fourth-order valence-corrected chi connectivity index (χ4v) is 4.42. The van der Waals surface area contributed by atoms with Crippen molar-refractivity contribution in [2.45, 2.75) is 38.6 Å². The van der Waals surface area contributed by atoms with Crippen LogP contribution in [0, 0.1) is 0 Å². The summed E-state index contributed by atoms with van der Waals surface area (Å²) in [4.78, 5) is 27.1. The molecule has 8 heteroatoms. The van der Waals surface area contributed by atoms with Crippen molar-refractivity contribution in [1.29, 1.82) is 0 Å². The molecule has 0 saturated heterocycles.